The van der Waals surface area contributed by atoms with Gasteiger partial charge >= 0.3 is 0 Å². The molecule has 0 radical (unpaired) electrons. The SMILES string of the molecule is COc1ccc(-c2cnsc2-c2cc(OC)cc(OC)c2OC)cc1. The lowest BCUT2D eigenvalue weighted by Crippen LogP contribution is -1.95. The molecule has 0 saturated carbocycles. The monoisotopic (exact) mass is 357 g/mol. The summed E-state index contributed by atoms with van der Waals surface area (Å²) in [4.78, 5) is 0.985. The van der Waals surface area contributed by atoms with Crippen LogP contribution in [-0.4, -0.2) is 32.8 Å². The summed E-state index contributed by atoms with van der Waals surface area (Å²) in [7, 11) is 6.52. The molecule has 1 heterocycles. The lowest BCUT2D eigenvalue weighted by atomic mass is 10.0. The smallest absolute Gasteiger partial charge is 0.169 e. The van der Waals surface area contributed by atoms with Crippen LogP contribution in [0, 0.1) is 0 Å². The Bertz CT molecular complexity index is 858. The third-order valence-corrected chi connectivity index (χ3v) is 4.74. The Morgan fingerprint density at radius 3 is 2.08 bits per heavy atom. The molecule has 3 rings (SSSR count). The van der Waals surface area contributed by atoms with E-state index in [-0.39, 0.29) is 0 Å². The third-order valence-electron chi connectivity index (χ3n) is 3.90. The van der Waals surface area contributed by atoms with E-state index in [9.17, 15) is 0 Å². The first-order valence-electron chi connectivity index (χ1n) is 7.61. The van der Waals surface area contributed by atoms with E-state index in [0.29, 0.717) is 17.2 Å². The largest absolute Gasteiger partial charge is 0.497 e. The molecule has 0 aliphatic rings. The molecule has 0 aliphatic heterocycles. The van der Waals surface area contributed by atoms with Crippen LogP contribution in [0.5, 0.6) is 23.0 Å². The zero-order valence-corrected chi connectivity index (χ0v) is 15.3. The second-order valence-electron chi connectivity index (χ2n) is 5.21. The molecular formula is C19H19NO4S. The Hall–Kier alpha value is -2.73. The normalized spacial score (nSPS) is 10.4. The molecule has 1 aromatic heterocycles. The van der Waals surface area contributed by atoms with Gasteiger partial charge in [-0.1, -0.05) is 12.1 Å². The Morgan fingerprint density at radius 2 is 1.48 bits per heavy atom. The predicted octanol–water partition coefficient (Wildman–Crippen LogP) is 4.51. The molecule has 0 fully saturated rings. The molecule has 0 bridgehead atoms. The molecule has 6 heteroatoms. The fraction of sp³-hybridized carbons (Fsp3) is 0.211. The molecule has 0 atom stereocenters. The number of methoxy groups -OCH3 is 4. The van der Waals surface area contributed by atoms with Gasteiger partial charge in [0.25, 0.3) is 0 Å². The van der Waals surface area contributed by atoms with Crippen molar-refractivity contribution in [1.82, 2.24) is 4.37 Å². The molecule has 0 N–H and O–H groups in total. The van der Waals surface area contributed by atoms with Crippen LogP contribution in [0.25, 0.3) is 21.6 Å². The molecule has 2 aromatic carbocycles. The maximum atomic E-state index is 5.60. The van der Waals surface area contributed by atoms with E-state index in [1.54, 1.807) is 34.5 Å². The van der Waals surface area contributed by atoms with E-state index >= 15 is 0 Å². The highest BCUT2D eigenvalue weighted by molar-refractivity contribution is 7.10. The van der Waals surface area contributed by atoms with Gasteiger partial charge in [0.05, 0.1) is 33.3 Å². The summed E-state index contributed by atoms with van der Waals surface area (Å²) >= 11 is 1.40. The van der Waals surface area contributed by atoms with Crippen molar-refractivity contribution in [2.45, 2.75) is 0 Å². The van der Waals surface area contributed by atoms with Gasteiger partial charge in [0, 0.05) is 23.4 Å². The lowest BCUT2D eigenvalue weighted by Gasteiger charge is -2.15. The Balaban J connectivity index is 2.16. The topological polar surface area (TPSA) is 49.8 Å². The van der Waals surface area contributed by atoms with E-state index in [2.05, 4.69) is 4.37 Å². The molecule has 5 nitrogen and oxygen atoms in total. The molecule has 0 spiro atoms. The summed E-state index contributed by atoms with van der Waals surface area (Å²) in [5.41, 5.74) is 2.95. The minimum atomic E-state index is 0.617. The van der Waals surface area contributed by atoms with Gasteiger partial charge in [-0.05, 0) is 35.3 Å². The number of nitrogens with zero attached hydrogens (tertiary/aromatic N) is 1. The van der Waals surface area contributed by atoms with Gasteiger partial charge in [0.2, 0.25) is 0 Å². The highest BCUT2D eigenvalue weighted by Gasteiger charge is 2.19. The van der Waals surface area contributed by atoms with E-state index in [1.165, 1.54) is 11.5 Å². The van der Waals surface area contributed by atoms with Gasteiger partial charge in [0.15, 0.2) is 11.5 Å². The summed E-state index contributed by atoms with van der Waals surface area (Å²) in [6, 6.07) is 11.6. The van der Waals surface area contributed by atoms with Gasteiger partial charge in [-0.2, -0.15) is 4.37 Å². The van der Waals surface area contributed by atoms with Gasteiger partial charge in [-0.15, -0.1) is 0 Å². The average molecular weight is 357 g/mol. The predicted molar refractivity (Wildman–Crippen MR) is 99.2 cm³/mol. The van der Waals surface area contributed by atoms with Gasteiger partial charge in [-0.3, -0.25) is 0 Å². The van der Waals surface area contributed by atoms with Gasteiger partial charge in [0.1, 0.15) is 11.5 Å². The van der Waals surface area contributed by atoms with Crippen LogP contribution >= 0.6 is 11.5 Å². The third kappa shape index (κ3) is 3.25. The van der Waals surface area contributed by atoms with Crippen LogP contribution in [0.1, 0.15) is 0 Å². The van der Waals surface area contributed by atoms with Crippen molar-refractivity contribution in [1.29, 1.82) is 0 Å². The van der Waals surface area contributed by atoms with Crippen LogP contribution in [-0.2, 0) is 0 Å². The second kappa shape index (κ2) is 7.44. The van der Waals surface area contributed by atoms with Crippen molar-refractivity contribution in [3.05, 3.63) is 42.6 Å². The molecule has 0 saturated heterocycles. The Labute approximate surface area is 150 Å². The average Bonchev–Trinajstić information content (AvgIpc) is 3.16. The summed E-state index contributed by atoms with van der Waals surface area (Å²) in [6.07, 6.45) is 1.85. The zero-order valence-electron chi connectivity index (χ0n) is 14.5. The van der Waals surface area contributed by atoms with Crippen molar-refractivity contribution in [2.24, 2.45) is 0 Å². The van der Waals surface area contributed by atoms with Crippen LogP contribution in [0.2, 0.25) is 0 Å². The first-order valence-corrected chi connectivity index (χ1v) is 8.38. The van der Waals surface area contributed by atoms with E-state index < -0.39 is 0 Å². The van der Waals surface area contributed by atoms with E-state index in [4.69, 9.17) is 18.9 Å². The van der Waals surface area contributed by atoms with Crippen molar-refractivity contribution >= 4 is 11.5 Å². The maximum absolute atomic E-state index is 5.60. The van der Waals surface area contributed by atoms with Crippen molar-refractivity contribution < 1.29 is 18.9 Å². The highest BCUT2D eigenvalue weighted by Crippen LogP contribution is 2.46. The molecular weight excluding hydrogens is 338 g/mol. The minimum absolute atomic E-state index is 0.617. The standard InChI is InChI=1S/C19H19NO4S/c1-21-13-7-5-12(6-8-13)16-11-20-25-19(16)15-9-14(22-2)10-17(23-3)18(15)24-4/h5-11H,1-4H3. The molecule has 130 valence electrons. The van der Waals surface area contributed by atoms with E-state index in [1.807, 2.05) is 36.5 Å². The maximum Gasteiger partial charge on any atom is 0.169 e. The summed E-state index contributed by atoms with van der Waals surface area (Å²) in [5, 5.41) is 0. The van der Waals surface area contributed by atoms with Gasteiger partial charge < -0.3 is 18.9 Å². The lowest BCUT2D eigenvalue weighted by molar-refractivity contribution is 0.350. The first kappa shape index (κ1) is 17.1. The first-order chi connectivity index (χ1) is 12.2. The number of aromatic nitrogens is 1. The Morgan fingerprint density at radius 1 is 0.760 bits per heavy atom. The van der Waals surface area contributed by atoms with Crippen LogP contribution in [0.15, 0.2) is 42.6 Å². The summed E-state index contributed by atoms with van der Waals surface area (Å²) < 4.78 is 26.1. The minimum Gasteiger partial charge on any atom is -0.497 e. The van der Waals surface area contributed by atoms with Crippen molar-refractivity contribution in [2.75, 3.05) is 28.4 Å². The number of hydrogen-bond acceptors (Lipinski definition) is 6. The number of hydrogen-bond donors (Lipinski definition) is 0. The summed E-state index contributed by atoms with van der Waals surface area (Å²) in [6.45, 7) is 0. The van der Waals surface area contributed by atoms with Crippen LogP contribution in [0.4, 0.5) is 0 Å². The van der Waals surface area contributed by atoms with Crippen molar-refractivity contribution in [3.8, 4) is 44.6 Å². The van der Waals surface area contributed by atoms with Crippen LogP contribution < -0.4 is 18.9 Å². The molecule has 3 aromatic rings. The highest BCUT2D eigenvalue weighted by atomic mass is 32.1. The van der Waals surface area contributed by atoms with Crippen LogP contribution in [0.3, 0.4) is 0 Å². The second-order valence-corrected chi connectivity index (χ2v) is 6.01. The molecule has 25 heavy (non-hydrogen) atoms. The summed E-state index contributed by atoms with van der Waals surface area (Å²) in [5.74, 6) is 2.78. The van der Waals surface area contributed by atoms with Crippen molar-refractivity contribution in [3.63, 3.8) is 0 Å². The Kier molecular flexibility index (Phi) is 5.09. The fourth-order valence-corrected chi connectivity index (χ4v) is 3.42. The van der Waals surface area contributed by atoms with Gasteiger partial charge in [-0.25, -0.2) is 0 Å². The molecule has 0 unspecified atom stereocenters. The number of rotatable bonds is 6. The number of ether oxygens (including phenoxy) is 4. The van der Waals surface area contributed by atoms with E-state index in [0.717, 1.165) is 27.3 Å². The molecule has 0 amide bonds. The number of benzene rings is 2. The fourth-order valence-electron chi connectivity index (χ4n) is 2.64. The zero-order chi connectivity index (χ0) is 17.8. The quantitative estimate of drug-likeness (QED) is 0.649. The molecule has 0 aliphatic carbocycles.